The fourth-order valence-corrected chi connectivity index (χ4v) is 1.83. The molecular weight excluding hydrogens is 226 g/mol. The largest absolute Gasteiger partial charge is 0.383 e. The highest BCUT2D eigenvalue weighted by atomic mass is 16.5. The van der Waals surface area contributed by atoms with Gasteiger partial charge in [-0.25, -0.2) is 4.98 Å². The zero-order valence-corrected chi connectivity index (χ0v) is 11.9. The van der Waals surface area contributed by atoms with E-state index in [9.17, 15) is 0 Å². The number of anilines is 1. The molecule has 0 bridgehead atoms. The lowest BCUT2D eigenvalue weighted by Gasteiger charge is -2.26. The van der Waals surface area contributed by atoms with Crippen molar-refractivity contribution >= 4 is 5.82 Å². The number of nitrogens with two attached hydrogens (primary N) is 1. The second kappa shape index (κ2) is 7.34. The number of hydrogen-bond acceptors (Lipinski definition) is 4. The molecule has 0 fully saturated rings. The summed E-state index contributed by atoms with van der Waals surface area (Å²) in [6, 6.07) is 4.08. The maximum Gasteiger partial charge on any atom is 0.128 e. The second-order valence-corrected chi connectivity index (χ2v) is 5.07. The highest BCUT2D eigenvalue weighted by Crippen LogP contribution is 2.17. The van der Waals surface area contributed by atoms with Crippen LogP contribution in [0.2, 0.25) is 0 Å². The van der Waals surface area contributed by atoms with Gasteiger partial charge in [-0.3, -0.25) is 0 Å². The van der Waals surface area contributed by atoms with Crippen LogP contribution >= 0.6 is 0 Å². The van der Waals surface area contributed by atoms with Crippen LogP contribution in [0.1, 0.15) is 32.4 Å². The summed E-state index contributed by atoms with van der Waals surface area (Å²) in [7, 11) is 1.72. The van der Waals surface area contributed by atoms with Crippen molar-refractivity contribution in [3.63, 3.8) is 0 Å². The number of ether oxygens (including phenoxy) is 1. The summed E-state index contributed by atoms with van der Waals surface area (Å²) in [5.74, 6) is 1.57. The minimum atomic E-state index is 0.0371. The van der Waals surface area contributed by atoms with E-state index >= 15 is 0 Å². The monoisotopic (exact) mass is 251 g/mol. The van der Waals surface area contributed by atoms with Gasteiger partial charge in [0.1, 0.15) is 5.82 Å². The fraction of sp³-hybridized carbons (Fsp3) is 0.643. The van der Waals surface area contributed by atoms with Crippen molar-refractivity contribution in [2.24, 2.45) is 11.7 Å². The lowest BCUT2D eigenvalue weighted by atomic mass is 10.1. The standard InChI is InChI=1S/C14H25N3O/c1-11(2)10-17(7-8-18-4)14-9-13(12(3)15)5-6-16-14/h5-6,9,11-12H,7-8,10,15H2,1-4H3/t12-/m0/s1. The Morgan fingerprint density at radius 1 is 1.39 bits per heavy atom. The van der Waals surface area contributed by atoms with E-state index in [4.69, 9.17) is 10.5 Å². The van der Waals surface area contributed by atoms with Crippen molar-refractivity contribution in [3.8, 4) is 0 Å². The number of rotatable bonds is 7. The third kappa shape index (κ3) is 4.63. The zero-order chi connectivity index (χ0) is 13.5. The maximum absolute atomic E-state index is 5.91. The van der Waals surface area contributed by atoms with Crippen molar-refractivity contribution in [3.05, 3.63) is 23.9 Å². The Bertz CT molecular complexity index is 353. The Hall–Kier alpha value is -1.13. The highest BCUT2D eigenvalue weighted by molar-refractivity contribution is 5.41. The molecule has 4 nitrogen and oxygen atoms in total. The van der Waals surface area contributed by atoms with Crippen LogP contribution in [0.5, 0.6) is 0 Å². The smallest absolute Gasteiger partial charge is 0.128 e. The summed E-state index contributed by atoms with van der Waals surface area (Å²) in [6.45, 7) is 8.92. The van der Waals surface area contributed by atoms with E-state index in [1.54, 1.807) is 7.11 Å². The summed E-state index contributed by atoms with van der Waals surface area (Å²) in [5.41, 5.74) is 7.03. The van der Waals surface area contributed by atoms with Crippen molar-refractivity contribution in [2.45, 2.75) is 26.8 Å². The van der Waals surface area contributed by atoms with Crippen LogP contribution in [-0.2, 0) is 4.74 Å². The molecule has 0 saturated carbocycles. The quantitative estimate of drug-likeness (QED) is 0.807. The molecule has 2 N–H and O–H groups in total. The number of hydrogen-bond donors (Lipinski definition) is 1. The average molecular weight is 251 g/mol. The Morgan fingerprint density at radius 2 is 2.11 bits per heavy atom. The number of nitrogens with zero attached hydrogens (tertiary/aromatic N) is 2. The molecule has 1 rings (SSSR count). The topological polar surface area (TPSA) is 51.4 Å². The number of pyridine rings is 1. The molecule has 1 heterocycles. The molecule has 0 aliphatic rings. The molecule has 18 heavy (non-hydrogen) atoms. The number of aromatic nitrogens is 1. The van der Waals surface area contributed by atoms with Gasteiger partial charge in [-0.05, 0) is 30.5 Å². The van der Waals surface area contributed by atoms with Gasteiger partial charge in [0.25, 0.3) is 0 Å². The predicted molar refractivity (Wildman–Crippen MR) is 75.8 cm³/mol. The first-order chi connectivity index (χ1) is 8.54. The fourth-order valence-electron chi connectivity index (χ4n) is 1.83. The molecule has 0 unspecified atom stereocenters. The molecule has 0 spiro atoms. The Balaban J connectivity index is 2.85. The molecule has 0 aromatic carbocycles. The van der Waals surface area contributed by atoms with Crippen LogP contribution in [0, 0.1) is 5.92 Å². The van der Waals surface area contributed by atoms with E-state index in [-0.39, 0.29) is 6.04 Å². The van der Waals surface area contributed by atoms with Crippen LogP contribution < -0.4 is 10.6 Å². The minimum Gasteiger partial charge on any atom is -0.383 e. The minimum absolute atomic E-state index is 0.0371. The van der Waals surface area contributed by atoms with E-state index in [2.05, 4.69) is 29.8 Å². The molecule has 0 aliphatic carbocycles. The molecule has 0 amide bonds. The molecule has 1 aromatic rings. The van der Waals surface area contributed by atoms with Gasteiger partial charge < -0.3 is 15.4 Å². The van der Waals surface area contributed by atoms with Gasteiger partial charge in [-0.15, -0.1) is 0 Å². The Morgan fingerprint density at radius 3 is 2.67 bits per heavy atom. The van der Waals surface area contributed by atoms with Gasteiger partial charge in [0, 0.05) is 32.4 Å². The van der Waals surface area contributed by atoms with Gasteiger partial charge in [-0.2, -0.15) is 0 Å². The SMILES string of the molecule is COCCN(CC(C)C)c1cc([C@H](C)N)ccn1. The third-order valence-electron chi connectivity index (χ3n) is 2.77. The van der Waals surface area contributed by atoms with E-state index in [0.29, 0.717) is 12.5 Å². The summed E-state index contributed by atoms with van der Waals surface area (Å²) >= 11 is 0. The summed E-state index contributed by atoms with van der Waals surface area (Å²) < 4.78 is 5.16. The van der Waals surface area contributed by atoms with Crippen LogP contribution in [0.3, 0.4) is 0 Å². The maximum atomic E-state index is 5.91. The lowest BCUT2D eigenvalue weighted by Crippen LogP contribution is -2.31. The van der Waals surface area contributed by atoms with Gasteiger partial charge >= 0.3 is 0 Å². The van der Waals surface area contributed by atoms with E-state index in [1.165, 1.54) is 0 Å². The third-order valence-corrected chi connectivity index (χ3v) is 2.77. The lowest BCUT2D eigenvalue weighted by molar-refractivity contribution is 0.204. The van der Waals surface area contributed by atoms with Gasteiger partial charge in [0.2, 0.25) is 0 Å². The molecule has 0 radical (unpaired) electrons. The molecular formula is C14H25N3O. The van der Waals surface area contributed by atoms with E-state index in [1.807, 2.05) is 19.2 Å². The van der Waals surface area contributed by atoms with Crippen molar-refractivity contribution in [1.29, 1.82) is 0 Å². The molecule has 1 aromatic heterocycles. The summed E-state index contributed by atoms with van der Waals surface area (Å²) in [5, 5.41) is 0. The van der Waals surface area contributed by atoms with E-state index in [0.717, 1.165) is 24.5 Å². The van der Waals surface area contributed by atoms with E-state index < -0.39 is 0 Å². The van der Waals surface area contributed by atoms with Gasteiger partial charge in [0.05, 0.1) is 6.61 Å². The summed E-state index contributed by atoms with van der Waals surface area (Å²) in [6.07, 6.45) is 1.83. The van der Waals surface area contributed by atoms with Gasteiger partial charge in [0.15, 0.2) is 0 Å². The molecule has 1 atom stereocenters. The van der Waals surface area contributed by atoms with Crippen LogP contribution in [0.15, 0.2) is 18.3 Å². The van der Waals surface area contributed by atoms with Crippen molar-refractivity contribution < 1.29 is 4.74 Å². The van der Waals surface area contributed by atoms with Crippen molar-refractivity contribution in [1.82, 2.24) is 4.98 Å². The number of methoxy groups -OCH3 is 1. The second-order valence-electron chi connectivity index (χ2n) is 5.07. The first-order valence-corrected chi connectivity index (χ1v) is 6.50. The Labute approximate surface area is 110 Å². The van der Waals surface area contributed by atoms with Crippen molar-refractivity contribution in [2.75, 3.05) is 31.7 Å². The predicted octanol–water partition coefficient (Wildman–Crippen LogP) is 2.21. The molecule has 0 saturated heterocycles. The normalized spacial score (nSPS) is 12.8. The van der Waals surface area contributed by atoms with Crippen LogP contribution in [0.25, 0.3) is 0 Å². The van der Waals surface area contributed by atoms with Gasteiger partial charge in [-0.1, -0.05) is 13.8 Å². The zero-order valence-electron chi connectivity index (χ0n) is 11.9. The highest BCUT2D eigenvalue weighted by Gasteiger charge is 2.11. The van der Waals surface area contributed by atoms with Crippen LogP contribution in [0.4, 0.5) is 5.82 Å². The first kappa shape index (κ1) is 14.9. The Kier molecular flexibility index (Phi) is 6.09. The first-order valence-electron chi connectivity index (χ1n) is 6.50. The molecule has 102 valence electrons. The average Bonchev–Trinajstić information content (AvgIpc) is 2.34. The summed E-state index contributed by atoms with van der Waals surface area (Å²) in [4.78, 5) is 6.69. The van der Waals surface area contributed by atoms with Crippen LogP contribution in [-0.4, -0.2) is 31.8 Å². The molecule has 0 aliphatic heterocycles. The molecule has 4 heteroatoms.